The minimum Gasteiger partial charge on any atom is -0.366 e. The molecule has 0 atom stereocenters. The maximum Gasteiger partial charge on any atom is 0.248 e. The van der Waals surface area contributed by atoms with Crippen molar-refractivity contribution in [2.75, 3.05) is 0 Å². The summed E-state index contributed by atoms with van der Waals surface area (Å²) in [7, 11) is 0. The lowest BCUT2D eigenvalue weighted by molar-refractivity contribution is 0.100. The molecule has 3 rings (SSSR count). The highest BCUT2D eigenvalue weighted by Crippen LogP contribution is 2.30. The van der Waals surface area contributed by atoms with Gasteiger partial charge in [0.15, 0.2) is 0 Å². The maximum atomic E-state index is 13.3. The Morgan fingerprint density at radius 1 is 1.09 bits per heavy atom. The van der Waals surface area contributed by atoms with Crippen LogP contribution in [0, 0.1) is 5.82 Å². The van der Waals surface area contributed by atoms with Gasteiger partial charge in [-0.05, 0) is 48.2 Å². The summed E-state index contributed by atoms with van der Waals surface area (Å²) in [5, 5.41) is 0. The van der Waals surface area contributed by atoms with Gasteiger partial charge in [0.1, 0.15) is 5.82 Å². The number of nitrogens with two attached hydrogens (primary N) is 1. The number of carbonyl (C=O) groups is 1. The summed E-state index contributed by atoms with van der Waals surface area (Å²) in [6.07, 6.45) is 2.38. The number of amides is 1. The van der Waals surface area contributed by atoms with Crippen molar-refractivity contribution in [1.29, 1.82) is 0 Å². The van der Waals surface area contributed by atoms with E-state index in [4.69, 9.17) is 5.73 Å². The van der Waals surface area contributed by atoms with Crippen LogP contribution in [0.25, 0.3) is 0 Å². The molecule has 114 valence electrons. The predicted octanol–water partition coefficient (Wildman–Crippen LogP) is 3.09. The van der Waals surface area contributed by atoms with Crippen LogP contribution >= 0.6 is 0 Å². The van der Waals surface area contributed by atoms with E-state index in [1.54, 1.807) is 24.3 Å². The second kappa shape index (κ2) is 6.28. The summed E-state index contributed by atoms with van der Waals surface area (Å²) in [5.74, 6) is -0.607. The fourth-order valence-electron chi connectivity index (χ4n) is 2.63. The Morgan fingerprint density at radius 3 is 2.36 bits per heavy atom. The van der Waals surface area contributed by atoms with Crippen molar-refractivity contribution in [3.8, 4) is 0 Å². The molecule has 2 aromatic carbocycles. The van der Waals surface area contributed by atoms with E-state index >= 15 is 0 Å². The van der Waals surface area contributed by atoms with Gasteiger partial charge in [-0.1, -0.05) is 24.3 Å². The molecule has 0 bridgehead atoms. The number of hydrogen-bond acceptors (Lipinski definition) is 2. The SMILES string of the molecule is NC(=O)c1ccc(CN(Cc2cccc(F)c2)C2CC2)cc1. The van der Waals surface area contributed by atoms with Crippen molar-refractivity contribution >= 4 is 5.91 Å². The minimum atomic E-state index is -0.412. The van der Waals surface area contributed by atoms with E-state index in [0.717, 1.165) is 24.2 Å². The molecule has 0 heterocycles. The number of benzene rings is 2. The molecule has 1 aliphatic rings. The van der Waals surface area contributed by atoms with E-state index in [-0.39, 0.29) is 5.82 Å². The second-order valence-corrected chi connectivity index (χ2v) is 5.83. The first-order valence-electron chi connectivity index (χ1n) is 7.49. The van der Waals surface area contributed by atoms with Gasteiger partial charge in [-0.3, -0.25) is 9.69 Å². The van der Waals surface area contributed by atoms with Crippen molar-refractivity contribution in [1.82, 2.24) is 4.90 Å². The van der Waals surface area contributed by atoms with Crippen LogP contribution in [-0.4, -0.2) is 16.8 Å². The van der Waals surface area contributed by atoms with Crippen molar-refractivity contribution < 1.29 is 9.18 Å². The first kappa shape index (κ1) is 14.7. The summed E-state index contributed by atoms with van der Waals surface area (Å²) in [6, 6.07) is 14.7. The topological polar surface area (TPSA) is 46.3 Å². The van der Waals surface area contributed by atoms with Gasteiger partial charge >= 0.3 is 0 Å². The molecule has 0 spiro atoms. The van der Waals surface area contributed by atoms with Crippen LogP contribution in [0.5, 0.6) is 0 Å². The molecule has 0 unspecified atom stereocenters. The van der Waals surface area contributed by atoms with Gasteiger partial charge in [0, 0.05) is 24.7 Å². The third-order valence-electron chi connectivity index (χ3n) is 3.96. The number of carbonyl (C=O) groups excluding carboxylic acids is 1. The molecule has 1 aliphatic carbocycles. The van der Waals surface area contributed by atoms with Crippen LogP contribution in [0.2, 0.25) is 0 Å². The molecule has 2 aromatic rings. The third kappa shape index (κ3) is 3.71. The molecule has 22 heavy (non-hydrogen) atoms. The number of hydrogen-bond donors (Lipinski definition) is 1. The number of primary amides is 1. The minimum absolute atomic E-state index is 0.195. The smallest absolute Gasteiger partial charge is 0.248 e. The molecule has 0 saturated heterocycles. The van der Waals surface area contributed by atoms with E-state index in [9.17, 15) is 9.18 Å². The zero-order valence-electron chi connectivity index (χ0n) is 12.3. The van der Waals surface area contributed by atoms with E-state index in [1.807, 2.05) is 18.2 Å². The fourth-order valence-corrected chi connectivity index (χ4v) is 2.63. The van der Waals surface area contributed by atoms with Gasteiger partial charge in [0.2, 0.25) is 5.91 Å². The highest BCUT2D eigenvalue weighted by Gasteiger charge is 2.28. The molecule has 4 heteroatoms. The molecule has 0 radical (unpaired) electrons. The first-order valence-corrected chi connectivity index (χ1v) is 7.49. The summed E-state index contributed by atoms with van der Waals surface area (Å²) < 4.78 is 13.3. The Balaban J connectivity index is 1.70. The molecule has 1 amide bonds. The quantitative estimate of drug-likeness (QED) is 0.891. The van der Waals surface area contributed by atoms with Crippen molar-refractivity contribution in [3.63, 3.8) is 0 Å². The summed E-state index contributed by atoms with van der Waals surface area (Å²) in [6.45, 7) is 1.53. The number of rotatable bonds is 6. The highest BCUT2D eigenvalue weighted by atomic mass is 19.1. The Bertz CT molecular complexity index is 665. The van der Waals surface area contributed by atoms with Crippen molar-refractivity contribution in [3.05, 3.63) is 71.0 Å². The average molecular weight is 298 g/mol. The van der Waals surface area contributed by atoms with Crippen LogP contribution < -0.4 is 5.73 Å². The molecule has 0 aliphatic heterocycles. The first-order chi connectivity index (χ1) is 10.6. The standard InChI is InChI=1S/C18H19FN2O/c19-16-3-1-2-14(10-16)12-21(17-8-9-17)11-13-4-6-15(7-5-13)18(20)22/h1-7,10,17H,8-9,11-12H2,(H2,20,22). The zero-order valence-corrected chi connectivity index (χ0v) is 12.3. The van der Waals surface area contributed by atoms with E-state index in [1.165, 1.54) is 18.9 Å². The van der Waals surface area contributed by atoms with Gasteiger partial charge in [-0.15, -0.1) is 0 Å². The largest absolute Gasteiger partial charge is 0.366 e. The van der Waals surface area contributed by atoms with Crippen LogP contribution in [0.15, 0.2) is 48.5 Å². The number of halogens is 1. The number of nitrogens with zero attached hydrogens (tertiary/aromatic N) is 1. The Kier molecular flexibility index (Phi) is 4.20. The Hall–Kier alpha value is -2.20. The van der Waals surface area contributed by atoms with Crippen LogP contribution in [0.1, 0.15) is 34.3 Å². The third-order valence-corrected chi connectivity index (χ3v) is 3.96. The molecule has 1 fully saturated rings. The van der Waals surface area contributed by atoms with Gasteiger partial charge in [-0.25, -0.2) is 4.39 Å². The zero-order chi connectivity index (χ0) is 15.5. The maximum absolute atomic E-state index is 13.3. The highest BCUT2D eigenvalue weighted by molar-refractivity contribution is 5.92. The van der Waals surface area contributed by atoms with Crippen molar-refractivity contribution in [2.24, 2.45) is 5.73 Å². The molecular formula is C18H19FN2O. The lowest BCUT2D eigenvalue weighted by Gasteiger charge is -2.22. The Morgan fingerprint density at radius 2 is 1.77 bits per heavy atom. The van der Waals surface area contributed by atoms with Crippen LogP contribution in [0.4, 0.5) is 4.39 Å². The molecule has 1 saturated carbocycles. The lowest BCUT2D eigenvalue weighted by Crippen LogP contribution is -2.25. The normalized spacial score (nSPS) is 14.3. The van der Waals surface area contributed by atoms with Gasteiger partial charge < -0.3 is 5.73 Å². The molecular weight excluding hydrogens is 279 g/mol. The summed E-state index contributed by atoms with van der Waals surface area (Å²) in [5.41, 5.74) is 7.89. The lowest BCUT2D eigenvalue weighted by atomic mass is 10.1. The second-order valence-electron chi connectivity index (χ2n) is 5.83. The van der Waals surface area contributed by atoms with Gasteiger partial charge in [0.25, 0.3) is 0 Å². The van der Waals surface area contributed by atoms with Gasteiger partial charge in [0.05, 0.1) is 0 Å². The summed E-state index contributed by atoms with van der Waals surface area (Å²) >= 11 is 0. The average Bonchev–Trinajstić information content (AvgIpc) is 3.32. The van der Waals surface area contributed by atoms with Crippen molar-refractivity contribution in [2.45, 2.75) is 32.0 Å². The predicted molar refractivity (Wildman–Crippen MR) is 83.6 cm³/mol. The Labute approximate surface area is 129 Å². The van der Waals surface area contributed by atoms with Gasteiger partial charge in [-0.2, -0.15) is 0 Å². The fraction of sp³-hybridized carbons (Fsp3) is 0.278. The van der Waals surface area contributed by atoms with E-state index < -0.39 is 5.91 Å². The molecule has 3 nitrogen and oxygen atoms in total. The monoisotopic (exact) mass is 298 g/mol. The van der Waals surface area contributed by atoms with Crippen LogP contribution in [0.3, 0.4) is 0 Å². The summed E-state index contributed by atoms with van der Waals surface area (Å²) in [4.78, 5) is 13.5. The molecule has 2 N–H and O–H groups in total. The van der Waals surface area contributed by atoms with E-state index in [2.05, 4.69) is 4.90 Å². The molecule has 0 aromatic heterocycles. The van der Waals surface area contributed by atoms with E-state index in [0.29, 0.717) is 11.6 Å². The van der Waals surface area contributed by atoms with Crippen LogP contribution in [-0.2, 0) is 13.1 Å².